The van der Waals surface area contributed by atoms with Crippen molar-refractivity contribution in [2.75, 3.05) is 7.05 Å². The van der Waals surface area contributed by atoms with Gasteiger partial charge in [0.1, 0.15) is 0 Å². The quantitative estimate of drug-likeness (QED) is 0.844. The van der Waals surface area contributed by atoms with Gasteiger partial charge in [0.15, 0.2) is 0 Å². The molecule has 0 saturated heterocycles. The maximum Gasteiger partial charge on any atom is 0.0295 e. The predicted octanol–water partition coefficient (Wildman–Crippen LogP) is 4.25. The highest BCUT2D eigenvalue weighted by atomic mass is 14.9. The third-order valence-electron chi connectivity index (χ3n) is 3.39. The fraction of sp³-hybridized carbons (Fsp3) is 0.294. The highest BCUT2D eigenvalue weighted by Crippen LogP contribution is 2.29. The molecule has 1 nitrogen and oxygen atoms in total. The number of hydrogen-bond acceptors (Lipinski definition) is 1. The van der Waals surface area contributed by atoms with Crippen molar-refractivity contribution in [3.05, 3.63) is 59.2 Å². The Balaban J connectivity index is 2.56. The Morgan fingerprint density at radius 1 is 0.944 bits per heavy atom. The highest BCUT2D eigenvalue weighted by Gasteiger charge is 2.10. The van der Waals surface area contributed by atoms with E-state index in [4.69, 9.17) is 0 Å². The largest absolute Gasteiger partial charge is 0.313 e. The average molecular weight is 239 g/mol. The van der Waals surface area contributed by atoms with E-state index in [0.29, 0.717) is 6.04 Å². The summed E-state index contributed by atoms with van der Waals surface area (Å²) in [6.07, 6.45) is 0. The zero-order valence-electron chi connectivity index (χ0n) is 11.6. The Morgan fingerprint density at radius 2 is 1.56 bits per heavy atom. The molecule has 94 valence electrons. The molecule has 2 aromatic rings. The van der Waals surface area contributed by atoms with Crippen LogP contribution in [0.1, 0.15) is 29.7 Å². The monoisotopic (exact) mass is 239 g/mol. The second-order valence-electron chi connectivity index (χ2n) is 4.97. The van der Waals surface area contributed by atoms with E-state index in [9.17, 15) is 0 Å². The Hall–Kier alpha value is -1.60. The molecule has 0 bridgehead atoms. The average Bonchev–Trinajstić information content (AvgIpc) is 2.36. The molecule has 0 fully saturated rings. The van der Waals surface area contributed by atoms with Gasteiger partial charge in [-0.2, -0.15) is 0 Å². The number of nitrogens with one attached hydrogen (secondary N) is 1. The SMILES string of the molecule is CNC(C)c1ccccc1-c1cc(C)cc(C)c1. The van der Waals surface area contributed by atoms with Crippen molar-refractivity contribution < 1.29 is 0 Å². The topological polar surface area (TPSA) is 12.0 Å². The molecule has 1 heteroatoms. The third-order valence-corrected chi connectivity index (χ3v) is 3.39. The van der Waals surface area contributed by atoms with Crippen LogP contribution in [0.25, 0.3) is 11.1 Å². The van der Waals surface area contributed by atoms with Gasteiger partial charge in [-0.1, -0.05) is 53.6 Å². The zero-order chi connectivity index (χ0) is 13.1. The lowest BCUT2D eigenvalue weighted by Gasteiger charge is -2.16. The standard InChI is InChI=1S/C17H21N/c1-12-9-13(2)11-15(10-12)17-8-6-5-7-16(17)14(3)18-4/h5-11,14,18H,1-4H3. The smallest absolute Gasteiger partial charge is 0.0295 e. The molecule has 2 aromatic carbocycles. The maximum absolute atomic E-state index is 3.32. The van der Waals surface area contributed by atoms with Gasteiger partial charge in [0.2, 0.25) is 0 Å². The summed E-state index contributed by atoms with van der Waals surface area (Å²) in [5.74, 6) is 0. The van der Waals surface area contributed by atoms with E-state index in [0.717, 1.165) is 0 Å². The van der Waals surface area contributed by atoms with Crippen molar-refractivity contribution in [3.63, 3.8) is 0 Å². The van der Waals surface area contributed by atoms with Crippen molar-refractivity contribution in [1.29, 1.82) is 0 Å². The molecule has 0 saturated carbocycles. The van der Waals surface area contributed by atoms with Crippen molar-refractivity contribution in [1.82, 2.24) is 5.32 Å². The normalized spacial score (nSPS) is 12.4. The molecule has 18 heavy (non-hydrogen) atoms. The molecule has 0 aliphatic carbocycles. The fourth-order valence-corrected chi connectivity index (χ4v) is 2.42. The lowest BCUT2D eigenvalue weighted by atomic mass is 9.93. The summed E-state index contributed by atoms with van der Waals surface area (Å²) in [5, 5.41) is 3.32. The van der Waals surface area contributed by atoms with E-state index < -0.39 is 0 Å². The van der Waals surface area contributed by atoms with E-state index in [1.54, 1.807) is 0 Å². The van der Waals surface area contributed by atoms with Crippen molar-refractivity contribution >= 4 is 0 Å². The van der Waals surface area contributed by atoms with E-state index in [-0.39, 0.29) is 0 Å². The zero-order valence-corrected chi connectivity index (χ0v) is 11.6. The molecule has 1 N–H and O–H groups in total. The third kappa shape index (κ3) is 2.62. The van der Waals surface area contributed by atoms with Crippen LogP contribution >= 0.6 is 0 Å². The van der Waals surface area contributed by atoms with Crippen LogP contribution in [0.5, 0.6) is 0 Å². The van der Waals surface area contributed by atoms with Crippen LogP contribution < -0.4 is 5.32 Å². The predicted molar refractivity (Wildman–Crippen MR) is 78.8 cm³/mol. The van der Waals surface area contributed by atoms with Gasteiger partial charge in [-0.3, -0.25) is 0 Å². The van der Waals surface area contributed by atoms with Gasteiger partial charge in [0.05, 0.1) is 0 Å². The van der Waals surface area contributed by atoms with E-state index in [1.807, 2.05) is 7.05 Å². The second kappa shape index (κ2) is 5.36. The first-order valence-corrected chi connectivity index (χ1v) is 6.46. The van der Waals surface area contributed by atoms with Crippen LogP contribution in [0, 0.1) is 13.8 Å². The molecular formula is C17H21N. The fourth-order valence-electron chi connectivity index (χ4n) is 2.42. The lowest BCUT2D eigenvalue weighted by Crippen LogP contribution is -2.13. The van der Waals surface area contributed by atoms with Crippen LogP contribution in [-0.2, 0) is 0 Å². The van der Waals surface area contributed by atoms with E-state index in [1.165, 1.54) is 27.8 Å². The lowest BCUT2D eigenvalue weighted by molar-refractivity contribution is 0.654. The van der Waals surface area contributed by atoms with Gasteiger partial charge >= 0.3 is 0 Å². The van der Waals surface area contributed by atoms with Crippen LogP contribution in [0.3, 0.4) is 0 Å². The number of hydrogen-bond donors (Lipinski definition) is 1. The Bertz CT molecular complexity index is 523. The minimum atomic E-state index is 0.363. The Morgan fingerprint density at radius 3 is 2.17 bits per heavy atom. The summed E-state index contributed by atoms with van der Waals surface area (Å²) in [4.78, 5) is 0. The molecule has 0 aromatic heterocycles. The Labute approximate surface area is 110 Å². The van der Waals surface area contributed by atoms with Gasteiger partial charge in [-0.15, -0.1) is 0 Å². The molecule has 0 amide bonds. The Kier molecular flexibility index (Phi) is 3.83. The van der Waals surface area contributed by atoms with E-state index in [2.05, 4.69) is 68.6 Å². The van der Waals surface area contributed by atoms with Gasteiger partial charge < -0.3 is 5.32 Å². The molecule has 1 atom stereocenters. The van der Waals surface area contributed by atoms with Crippen LogP contribution in [0.15, 0.2) is 42.5 Å². The summed E-state index contributed by atoms with van der Waals surface area (Å²) in [5.41, 5.74) is 6.62. The van der Waals surface area contributed by atoms with E-state index >= 15 is 0 Å². The second-order valence-corrected chi connectivity index (χ2v) is 4.97. The first kappa shape index (κ1) is 12.8. The van der Waals surface area contributed by atoms with Gasteiger partial charge in [-0.25, -0.2) is 0 Å². The summed E-state index contributed by atoms with van der Waals surface area (Å²) < 4.78 is 0. The van der Waals surface area contributed by atoms with Gasteiger partial charge in [0, 0.05) is 6.04 Å². The highest BCUT2D eigenvalue weighted by molar-refractivity contribution is 5.69. The summed E-state index contributed by atoms with van der Waals surface area (Å²) in [6.45, 7) is 6.50. The van der Waals surface area contributed by atoms with Gasteiger partial charge in [-0.05, 0) is 44.5 Å². The number of aryl methyl sites for hydroxylation is 2. The molecule has 2 rings (SSSR count). The minimum Gasteiger partial charge on any atom is -0.313 e. The van der Waals surface area contributed by atoms with Crippen molar-refractivity contribution in [2.24, 2.45) is 0 Å². The molecular weight excluding hydrogens is 218 g/mol. The minimum absolute atomic E-state index is 0.363. The summed E-state index contributed by atoms with van der Waals surface area (Å²) in [6, 6.07) is 15.7. The van der Waals surface area contributed by atoms with Crippen molar-refractivity contribution in [2.45, 2.75) is 26.8 Å². The van der Waals surface area contributed by atoms with Crippen molar-refractivity contribution in [3.8, 4) is 11.1 Å². The number of benzene rings is 2. The van der Waals surface area contributed by atoms with Gasteiger partial charge in [0.25, 0.3) is 0 Å². The van der Waals surface area contributed by atoms with Crippen LogP contribution in [0.2, 0.25) is 0 Å². The molecule has 0 aliphatic heterocycles. The molecule has 0 spiro atoms. The number of rotatable bonds is 3. The first-order valence-electron chi connectivity index (χ1n) is 6.46. The molecule has 1 unspecified atom stereocenters. The summed E-state index contributed by atoms with van der Waals surface area (Å²) >= 11 is 0. The first-order chi connectivity index (χ1) is 8.61. The van der Waals surface area contributed by atoms with Crippen LogP contribution in [0.4, 0.5) is 0 Å². The maximum atomic E-state index is 3.32. The molecule has 0 radical (unpaired) electrons. The molecule has 0 heterocycles. The molecule has 0 aliphatic rings. The summed E-state index contributed by atoms with van der Waals surface area (Å²) in [7, 11) is 2.00. The van der Waals surface area contributed by atoms with Crippen LogP contribution in [-0.4, -0.2) is 7.05 Å².